The van der Waals surface area contributed by atoms with Gasteiger partial charge < -0.3 is 0 Å². The van der Waals surface area contributed by atoms with Crippen molar-refractivity contribution >= 4 is 27.1 Å². The van der Waals surface area contributed by atoms with Gasteiger partial charge in [0.25, 0.3) is 0 Å². The van der Waals surface area contributed by atoms with Crippen LogP contribution in [-0.4, -0.2) is 49.5 Å². The second-order valence-electron chi connectivity index (χ2n) is 3.98. The fraction of sp³-hybridized carbons (Fsp3) is 0.667. The Labute approximate surface area is 87.9 Å². The van der Waals surface area contributed by atoms with E-state index < -0.39 is 12.2 Å². The van der Waals surface area contributed by atoms with Gasteiger partial charge in [0.15, 0.2) is 0 Å². The average Bonchev–Trinajstić information content (AvgIpc) is 2.03. The molecule has 0 spiro atoms. The first-order valence-corrected chi connectivity index (χ1v) is 4.74. The van der Waals surface area contributed by atoms with E-state index in [1.807, 2.05) is 13.8 Å². The van der Waals surface area contributed by atoms with Crippen LogP contribution in [0, 0.1) is 11.8 Å². The van der Waals surface area contributed by atoms with Crippen LogP contribution in [-0.2, 0) is 0 Å². The van der Waals surface area contributed by atoms with Crippen LogP contribution in [0.15, 0.2) is 12.2 Å². The summed E-state index contributed by atoms with van der Waals surface area (Å²) in [6.45, 7) is 9.14. The summed E-state index contributed by atoms with van der Waals surface area (Å²) in [7, 11) is 6.67. The summed E-state index contributed by atoms with van der Waals surface area (Å²) in [5.74, 6) is -0.391. The second kappa shape index (κ2) is 4.50. The van der Waals surface area contributed by atoms with E-state index in [0.29, 0.717) is 0 Å². The van der Waals surface area contributed by atoms with E-state index in [1.165, 1.54) is 7.06 Å². The van der Waals surface area contributed by atoms with Crippen LogP contribution in [0.3, 0.4) is 0 Å². The molecule has 1 aliphatic rings. The zero-order valence-electron chi connectivity index (χ0n) is 8.64. The third kappa shape index (κ3) is 1.89. The van der Waals surface area contributed by atoms with Crippen molar-refractivity contribution in [2.45, 2.75) is 26.1 Å². The molecule has 2 unspecified atom stereocenters. The molecule has 0 amide bonds. The number of hydrogen-bond acceptors (Lipinski definition) is 2. The molecule has 1 aliphatic carbocycles. The van der Waals surface area contributed by atoms with Gasteiger partial charge in [-0.1, -0.05) is 0 Å². The zero-order chi connectivity index (χ0) is 10.9. The molecule has 2 N–H and O–H groups in total. The molecule has 0 aromatic rings. The summed E-state index contributed by atoms with van der Waals surface area (Å²) >= 11 is 0. The minimum absolute atomic E-state index is 0.193. The normalized spacial score (nSPS) is 37.0. The molecule has 1 fully saturated rings. The third-order valence-corrected chi connectivity index (χ3v) is 2.93. The summed E-state index contributed by atoms with van der Waals surface area (Å²) in [6.07, 6.45) is -1.06. The average molecular weight is 187 g/mol. The Balaban J connectivity index is 2.70. The van der Waals surface area contributed by atoms with Crippen LogP contribution in [0.5, 0.6) is 0 Å². The van der Waals surface area contributed by atoms with Gasteiger partial charge in [0.1, 0.15) is 0 Å². The van der Waals surface area contributed by atoms with E-state index in [2.05, 4.69) is 6.58 Å². The topological polar surface area (TPSA) is 40.5 Å². The molecule has 71 valence electrons. The molecule has 5 heteroatoms. The van der Waals surface area contributed by atoms with Gasteiger partial charge in [-0.05, 0) is 0 Å². The minimum atomic E-state index is -0.529. The van der Waals surface area contributed by atoms with Crippen LogP contribution in [0.1, 0.15) is 13.8 Å². The van der Waals surface area contributed by atoms with E-state index >= 15 is 0 Å². The van der Waals surface area contributed by atoms with E-state index in [9.17, 15) is 10.2 Å². The molecule has 0 bridgehead atoms. The van der Waals surface area contributed by atoms with Gasteiger partial charge in [-0.2, -0.15) is 0 Å². The van der Waals surface area contributed by atoms with Gasteiger partial charge in [0.05, 0.1) is 0 Å². The predicted octanol–water partition coefficient (Wildman–Crippen LogP) is -0.871. The molecule has 0 aliphatic heterocycles. The third-order valence-electron chi connectivity index (χ3n) is 2.93. The molecule has 0 heterocycles. The van der Waals surface area contributed by atoms with Gasteiger partial charge in [0.2, 0.25) is 0 Å². The van der Waals surface area contributed by atoms with Gasteiger partial charge in [0, 0.05) is 0 Å². The Morgan fingerprint density at radius 1 is 1.21 bits per heavy atom. The van der Waals surface area contributed by atoms with Crippen LogP contribution in [0.25, 0.3) is 0 Å². The summed E-state index contributed by atoms with van der Waals surface area (Å²) in [5.41, 5.74) is 1.73. The molecule has 0 aromatic carbocycles. The summed E-state index contributed by atoms with van der Waals surface area (Å²) in [6, 6.07) is 0. The fourth-order valence-corrected chi connectivity index (χ4v) is 2.09. The van der Waals surface area contributed by atoms with Gasteiger partial charge in [-0.15, -0.1) is 0 Å². The predicted molar refractivity (Wildman–Crippen MR) is 61.8 cm³/mol. The molecular formula is C9H14B3O2. The monoisotopic (exact) mass is 187 g/mol. The first-order chi connectivity index (χ1) is 6.50. The van der Waals surface area contributed by atoms with E-state index in [4.69, 9.17) is 7.74 Å². The van der Waals surface area contributed by atoms with E-state index in [-0.39, 0.29) is 11.8 Å². The van der Waals surface area contributed by atoms with Crippen LogP contribution in [0.4, 0.5) is 0 Å². The zero-order valence-corrected chi connectivity index (χ0v) is 8.64. The molecular weight excluding hydrogens is 173 g/mol. The van der Waals surface area contributed by atoms with Gasteiger partial charge >= 0.3 is 87.3 Å². The standard InChI is InChI=1S/C9H14B3O2/c1-4(2)6-8(13)7(9(6)14)5(3)11-12-10/h6-9,13-14H,1H2,2-3H3. The fourth-order valence-electron chi connectivity index (χ4n) is 2.09. The summed E-state index contributed by atoms with van der Waals surface area (Å²) in [5, 5.41) is 19.6. The maximum atomic E-state index is 9.79. The second-order valence-corrected chi connectivity index (χ2v) is 3.98. The Kier molecular flexibility index (Phi) is 3.79. The van der Waals surface area contributed by atoms with E-state index in [0.717, 1.165) is 11.0 Å². The van der Waals surface area contributed by atoms with Crippen LogP contribution in [0.2, 0.25) is 0 Å². The van der Waals surface area contributed by atoms with Crippen LogP contribution < -0.4 is 0 Å². The maximum absolute atomic E-state index is 9.79. The SMILES string of the molecule is [B][B]B=C(C)C1C(O)C(C(=C)C)C1O. The Bertz CT molecular complexity index is 255. The summed E-state index contributed by atoms with van der Waals surface area (Å²) in [4.78, 5) is 0. The van der Waals surface area contributed by atoms with Crippen LogP contribution >= 0.6 is 0 Å². The molecule has 2 atom stereocenters. The van der Waals surface area contributed by atoms with Crippen molar-refractivity contribution in [1.29, 1.82) is 0 Å². The Hall–Kier alpha value is -0.275. The molecule has 0 saturated heterocycles. The number of hydrogen-bond donors (Lipinski definition) is 2. The van der Waals surface area contributed by atoms with Gasteiger partial charge in [-0.3, -0.25) is 0 Å². The number of rotatable bonds is 3. The molecule has 14 heavy (non-hydrogen) atoms. The van der Waals surface area contributed by atoms with Crippen molar-refractivity contribution in [3.05, 3.63) is 12.2 Å². The first kappa shape index (κ1) is 11.8. The van der Waals surface area contributed by atoms with Crippen molar-refractivity contribution in [3.8, 4) is 0 Å². The number of aliphatic hydroxyl groups excluding tert-OH is 2. The number of aliphatic hydroxyl groups is 2. The first-order valence-electron chi connectivity index (χ1n) is 4.74. The molecule has 2 nitrogen and oxygen atoms in total. The molecule has 1 saturated carbocycles. The summed E-state index contributed by atoms with van der Waals surface area (Å²) < 4.78 is 0. The van der Waals surface area contributed by atoms with Crippen molar-refractivity contribution < 1.29 is 10.2 Å². The van der Waals surface area contributed by atoms with Crippen molar-refractivity contribution in [3.63, 3.8) is 0 Å². The van der Waals surface area contributed by atoms with Crippen molar-refractivity contribution in [2.75, 3.05) is 0 Å². The van der Waals surface area contributed by atoms with Gasteiger partial charge in [-0.25, -0.2) is 0 Å². The van der Waals surface area contributed by atoms with Crippen molar-refractivity contribution in [2.24, 2.45) is 11.8 Å². The van der Waals surface area contributed by atoms with E-state index in [1.54, 1.807) is 6.81 Å². The molecule has 1 rings (SSSR count). The molecule has 3 radical (unpaired) electrons. The molecule has 0 aromatic heterocycles. The Morgan fingerprint density at radius 2 is 1.71 bits per heavy atom. The van der Waals surface area contributed by atoms with Crippen molar-refractivity contribution in [1.82, 2.24) is 0 Å². The Morgan fingerprint density at radius 3 is 2.07 bits per heavy atom. The quantitative estimate of drug-likeness (QED) is 0.445.